The number of thiazole rings is 1. The van der Waals surface area contributed by atoms with Gasteiger partial charge in [-0.25, -0.2) is 14.4 Å². The molecule has 4 aromatic rings. The molecule has 3 heterocycles. The van der Waals surface area contributed by atoms with Crippen LogP contribution in [0.15, 0.2) is 54.2 Å². The second kappa shape index (κ2) is 21.7. The molecule has 0 spiro atoms. The molecule has 19 heteroatoms. The third-order valence-electron chi connectivity index (χ3n) is 12.6. The summed E-state index contributed by atoms with van der Waals surface area (Å²) in [6, 6.07) is 11.4. The van der Waals surface area contributed by atoms with Crippen LogP contribution in [0, 0.1) is 18.8 Å². The number of amides is 4. The summed E-state index contributed by atoms with van der Waals surface area (Å²) >= 11 is 9.31. The first-order valence-electron chi connectivity index (χ1n) is 22.5. The lowest BCUT2D eigenvalue weighted by Gasteiger charge is -2.38. The first-order chi connectivity index (χ1) is 31.7. The van der Waals surface area contributed by atoms with Gasteiger partial charge in [0.25, 0.3) is 11.8 Å². The van der Waals surface area contributed by atoms with Crippen molar-refractivity contribution in [3.8, 4) is 16.2 Å². The summed E-state index contributed by atoms with van der Waals surface area (Å²) in [6.07, 6.45) is 6.00. The molecule has 3 fully saturated rings. The molecule has 4 atom stereocenters. The van der Waals surface area contributed by atoms with Crippen molar-refractivity contribution in [2.45, 2.75) is 94.8 Å². The second-order valence-electron chi connectivity index (χ2n) is 17.8. The highest BCUT2D eigenvalue weighted by Crippen LogP contribution is 2.42. The minimum Gasteiger partial charge on any atom is -0.495 e. The Morgan fingerprint density at radius 1 is 1.05 bits per heavy atom. The molecule has 1 saturated heterocycles. The van der Waals surface area contributed by atoms with E-state index in [0.29, 0.717) is 84.6 Å². The van der Waals surface area contributed by atoms with E-state index in [2.05, 4.69) is 46.9 Å². The number of aryl methyl sites for hydroxylation is 1. The lowest BCUT2D eigenvalue weighted by Crippen LogP contribution is -2.61. The van der Waals surface area contributed by atoms with E-state index in [9.17, 15) is 19.2 Å². The van der Waals surface area contributed by atoms with Gasteiger partial charge in [-0.15, -0.1) is 11.3 Å². The molecule has 2 saturated carbocycles. The predicted molar refractivity (Wildman–Crippen MR) is 259 cm³/mol. The number of alkyl halides is 1. The maximum atomic E-state index is 15.1. The highest BCUT2D eigenvalue weighted by atomic mass is 35.5. The first kappa shape index (κ1) is 48.9. The number of ether oxygens (including phenoxy) is 1. The van der Waals surface area contributed by atoms with E-state index in [-0.39, 0.29) is 30.6 Å². The van der Waals surface area contributed by atoms with Crippen molar-refractivity contribution in [2.75, 3.05) is 56.7 Å². The van der Waals surface area contributed by atoms with Crippen LogP contribution in [-0.4, -0.2) is 112 Å². The van der Waals surface area contributed by atoms with Gasteiger partial charge in [-0.1, -0.05) is 35.9 Å². The molecule has 0 radical (unpaired) electrons. The number of benzene rings is 2. The van der Waals surface area contributed by atoms with Gasteiger partial charge in [0, 0.05) is 43.5 Å². The number of carbonyl (C=O) groups excluding carboxylic acids is 4. The van der Waals surface area contributed by atoms with Gasteiger partial charge in [0.05, 0.1) is 35.1 Å². The van der Waals surface area contributed by atoms with Gasteiger partial charge in [0.1, 0.15) is 28.7 Å². The Morgan fingerprint density at radius 2 is 1.82 bits per heavy atom. The topological polar surface area (TPSA) is 192 Å². The minimum absolute atomic E-state index is 0.138. The van der Waals surface area contributed by atoms with Gasteiger partial charge in [0.15, 0.2) is 5.67 Å². The number of aromatic nitrogens is 3. The Morgan fingerprint density at radius 3 is 2.53 bits per heavy atom. The van der Waals surface area contributed by atoms with Crippen LogP contribution >= 0.6 is 34.7 Å². The number of rotatable bonds is 21. The number of hydrogen-bond acceptors (Lipinski definition) is 13. The molecule has 66 heavy (non-hydrogen) atoms. The highest BCUT2D eigenvalue weighted by molar-refractivity contribution is 8.00. The summed E-state index contributed by atoms with van der Waals surface area (Å²) in [5.74, 6) is 1.30. The zero-order valence-corrected chi connectivity index (χ0v) is 40.5. The van der Waals surface area contributed by atoms with E-state index in [1.54, 1.807) is 53.2 Å². The van der Waals surface area contributed by atoms with Gasteiger partial charge in [0.2, 0.25) is 17.8 Å². The largest absolute Gasteiger partial charge is 0.495 e. The van der Waals surface area contributed by atoms with Crippen LogP contribution in [0.4, 0.5) is 21.8 Å². The maximum Gasteiger partial charge on any atom is 0.258 e. The molecule has 354 valence electrons. The standard InChI is InChI=1S/C47H60ClFN10O5S2/c1-28-38(65-27-55-28)32-12-10-29(11-13-32)24-53-42(61)36-7-6-20-59(36)43(62)39(57-44(63)47(49)16-17-47)46(2,3)66-26-31-9-8-30(21-31)23-51-18-19-52-41(60)33-14-15-35(37(22-33)64-5)56-45-54-25-34(48)40(50-4)58-45/h10-15,22,25,27,30-31,36,39,51H,6-9,16-21,23-24,26H2,1-5H3,(H,52,60)(H,53,61)(H,57,63)(H2,50,54,56,58)/t30?,31-,36-,39?/m0/s1. The van der Waals surface area contributed by atoms with E-state index >= 15 is 4.39 Å². The fourth-order valence-electron chi connectivity index (χ4n) is 8.52. The summed E-state index contributed by atoms with van der Waals surface area (Å²) in [6.45, 7) is 8.38. The SMILES string of the molecule is CNc1nc(Nc2ccc(C(=O)NCCNCC3CC[C@H](CSC(C)(C)C(NC(=O)C4(F)CC4)C(=O)N4CCC[C@H]4C(=O)NCc4ccc(-c5scnc5C)cc4)C3)cc2OC)ncc1Cl. The number of anilines is 3. The zero-order valence-electron chi connectivity index (χ0n) is 38.1. The van der Waals surface area contributed by atoms with Crippen molar-refractivity contribution < 1.29 is 28.3 Å². The maximum absolute atomic E-state index is 15.1. The number of nitrogens with zero attached hydrogens (tertiary/aromatic N) is 4. The molecule has 0 bridgehead atoms. The number of nitrogens with one attached hydrogen (secondary N) is 6. The van der Waals surface area contributed by atoms with E-state index in [4.69, 9.17) is 16.3 Å². The second-order valence-corrected chi connectivity index (χ2v) is 20.8. The Balaban J connectivity index is 0.862. The Bertz CT molecular complexity index is 2370. The number of carbonyl (C=O) groups is 4. The summed E-state index contributed by atoms with van der Waals surface area (Å²) in [5.41, 5.74) is 3.90. The number of methoxy groups -OCH3 is 1. The number of thioether (sulfide) groups is 1. The van der Waals surface area contributed by atoms with Crippen molar-refractivity contribution in [1.29, 1.82) is 0 Å². The zero-order chi connectivity index (χ0) is 47.0. The number of halogens is 2. The van der Waals surface area contributed by atoms with Gasteiger partial charge < -0.3 is 41.5 Å². The average molecular weight is 964 g/mol. The van der Waals surface area contributed by atoms with Gasteiger partial charge in [-0.2, -0.15) is 16.7 Å². The molecular weight excluding hydrogens is 903 g/mol. The van der Waals surface area contributed by atoms with Crippen molar-refractivity contribution in [2.24, 2.45) is 11.8 Å². The van der Waals surface area contributed by atoms with Crippen LogP contribution in [0.1, 0.15) is 80.4 Å². The molecule has 1 aliphatic heterocycles. The van der Waals surface area contributed by atoms with Crippen LogP contribution in [0.5, 0.6) is 5.75 Å². The molecule has 6 N–H and O–H groups in total. The number of likely N-dealkylation sites (tertiary alicyclic amines) is 1. The molecule has 2 aliphatic carbocycles. The highest BCUT2D eigenvalue weighted by Gasteiger charge is 2.54. The van der Waals surface area contributed by atoms with Gasteiger partial charge >= 0.3 is 0 Å². The van der Waals surface area contributed by atoms with Crippen molar-refractivity contribution in [3.63, 3.8) is 0 Å². The molecule has 7 rings (SSSR count). The molecule has 15 nitrogen and oxygen atoms in total. The Labute approximate surface area is 399 Å². The monoisotopic (exact) mass is 962 g/mol. The van der Waals surface area contributed by atoms with E-state index in [1.165, 1.54) is 13.3 Å². The number of hydrogen-bond donors (Lipinski definition) is 6. The fraction of sp³-hybridized carbons (Fsp3) is 0.511. The third-order valence-corrected chi connectivity index (χ3v) is 15.5. The predicted octanol–water partition coefficient (Wildman–Crippen LogP) is 6.90. The van der Waals surface area contributed by atoms with E-state index in [0.717, 1.165) is 53.3 Å². The average Bonchev–Trinajstić information content (AvgIpc) is 3.66. The summed E-state index contributed by atoms with van der Waals surface area (Å²) in [4.78, 5) is 69.8. The summed E-state index contributed by atoms with van der Waals surface area (Å²) in [5, 5.41) is 18.7. The smallest absolute Gasteiger partial charge is 0.258 e. The summed E-state index contributed by atoms with van der Waals surface area (Å²) in [7, 11) is 3.24. The van der Waals surface area contributed by atoms with Crippen molar-refractivity contribution in [1.82, 2.24) is 41.1 Å². The van der Waals surface area contributed by atoms with Gasteiger partial charge in [-0.05, 0) is 119 Å². The quantitative estimate of drug-likeness (QED) is 0.0475. The third kappa shape index (κ3) is 12.1. The van der Waals surface area contributed by atoms with E-state index < -0.39 is 28.4 Å². The van der Waals surface area contributed by atoms with Crippen molar-refractivity contribution >= 4 is 75.8 Å². The molecule has 4 amide bonds. The Kier molecular flexibility index (Phi) is 16.1. The molecule has 3 aliphatic rings. The van der Waals surface area contributed by atoms with Crippen LogP contribution in [0.2, 0.25) is 5.02 Å². The fourth-order valence-corrected chi connectivity index (χ4v) is 10.8. The molecule has 2 unspecified atom stereocenters. The lowest BCUT2D eigenvalue weighted by atomic mass is 10.00. The van der Waals surface area contributed by atoms with E-state index in [1.807, 2.05) is 50.5 Å². The first-order valence-corrected chi connectivity index (χ1v) is 24.8. The van der Waals surface area contributed by atoms with Crippen LogP contribution < -0.4 is 36.6 Å². The summed E-state index contributed by atoms with van der Waals surface area (Å²) < 4.78 is 19.8. The van der Waals surface area contributed by atoms with Crippen LogP contribution in [-0.2, 0) is 20.9 Å². The minimum atomic E-state index is -1.95. The van der Waals surface area contributed by atoms with Crippen molar-refractivity contribution in [3.05, 3.63) is 76.0 Å². The Hall–Kier alpha value is -5.04. The molecular formula is C47H60ClFN10O5S2. The lowest BCUT2D eigenvalue weighted by molar-refractivity contribution is -0.143. The van der Waals surface area contributed by atoms with Crippen LogP contribution in [0.3, 0.4) is 0 Å². The molecule has 2 aromatic heterocycles. The molecule has 2 aromatic carbocycles. The normalized spacial score (nSPS) is 19.2. The van der Waals surface area contributed by atoms with Gasteiger partial charge in [-0.3, -0.25) is 19.2 Å². The van der Waals surface area contributed by atoms with Crippen LogP contribution in [0.25, 0.3) is 10.4 Å².